The lowest BCUT2D eigenvalue weighted by Gasteiger charge is -2.42. The van der Waals surface area contributed by atoms with E-state index in [1.807, 2.05) is 48.2 Å². The molecule has 370 valence electrons. The van der Waals surface area contributed by atoms with Gasteiger partial charge in [0.1, 0.15) is 65.8 Å². The average Bonchev–Trinajstić information content (AvgIpc) is 3.92. The molecular formula is C48H98NO11PSi. The van der Waals surface area contributed by atoms with Gasteiger partial charge in [0.25, 0.3) is 0 Å². The molecule has 1 unspecified atom stereocenters. The fourth-order valence-electron chi connectivity index (χ4n) is 8.52. The number of ketones is 1. The lowest BCUT2D eigenvalue weighted by Crippen LogP contribution is -2.53. The van der Waals surface area contributed by atoms with Crippen LogP contribution in [0.15, 0.2) is 0 Å². The number of carbonyl (C=O) groups is 1. The van der Waals surface area contributed by atoms with E-state index in [1.165, 1.54) is 0 Å². The fourth-order valence-corrected chi connectivity index (χ4v) is 10.9. The van der Waals surface area contributed by atoms with Crippen LogP contribution in [0.2, 0.25) is 18.1 Å². The van der Waals surface area contributed by atoms with E-state index < -0.39 is 28.4 Å². The van der Waals surface area contributed by atoms with Crippen molar-refractivity contribution >= 4 is 22.5 Å². The van der Waals surface area contributed by atoms with Gasteiger partial charge in [-0.05, 0) is 56.7 Å². The van der Waals surface area contributed by atoms with Crippen molar-refractivity contribution in [2.24, 2.45) is 29.6 Å². The number of aliphatic hydroxyl groups excluding tert-OH is 1. The molecule has 6 aliphatic rings. The van der Waals surface area contributed by atoms with Crippen molar-refractivity contribution in [3.8, 4) is 0 Å². The van der Waals surface area contributed by atoms with Gasteiger partial charge in [0.2, 0.25) is 6.54 Å². The van der Waals surface area contributed by atoms with E-state index in [0.717, 1.165) is 0 Å². The van der Waals surface area contributed by atoms with Crippen LogP contribution < -0.4 is 0 Å². The number of carbonyl (C=O) groups excluding carboxylic acids is 1. The molecule has 6 bridgehead atoms. The highest BCUT2D eigenvalue weighted by Gasteiger charge is 2.65. The third-order valence-electron chi connectivity index (χ3n) is 13.5. The maximum absolute atomic E-state index is 10.8. The van der Waals surface area contributed by atoms with Crippen molar-refractivity contribution < 1.29 is 51.8 Å². The van der Waals surface area contributed by atoms with Crippen LogP contribution in [0.25, 0.3) is 4.85 Å². The molecule has 0 saturated carbocycles. The average molecular weight is 924 g/mol. The number of ether oxygens (including phenoxy) is 6. The number of aliphatic hydroxyl groups is 1. The number of Topliss-reactive ketones (excluding diaryl/α,β-unsaturated/α-hetero) is 1. The van der Waals surface area contributed by atoms with Crippen LogP contribution in [0.1, 0.15) is 140 Å². The van der Waals surface area contributed by atoms with Gasteiger partial charge in [0, 0.05) is 18.5 Å². The maximum Gasteiger partial charge on any atom is 0.238 e. The van der Waals surface area contributed by atoms with Crippen molar-refractivity contribution in [3.63, 3.8) is 0 Å². The molecule has 0 spiro atoms. The summed E-state index contributed by atoms with van der Waals surface area (Å²) in [6.45, 7) is 49.4. The Morgan fingerprint density at radius 1 is 0.726 bits per heavy atom. The first-order valence-electron chi connectivity index (χ1n) is 21.8. The summed E-state index contributed by atoms with van der Waals surface area (Å²) in [6, 6.07) is 0. The normalized spacial score (nSPS) is 35.4. The zero-order valence-corrected chi connectivity index (χ0v) is 41.4. The Morgan fingerprint density at radius 3 is 1.40 bits per heavy atom. The largest absolute Gasteiger partial charge is 0.408 e. The van der Waals surface area contributed by atoms with E-state index in [0.29, 0.717) is 56.5 Å². The molecule has 0 amide bonds. The second-order valence-electron chi connectivity index (χ2n) is 20.3. The number of hydrogen-bond acceptors (Lipinski definition) is 11. The third-order valence-corrected chi connectivity index (χ3v) is 19.0. The van der Waals surface area contributed by atoms with Gasteiger partial charge >= 0.3 is 0 Å². The number of rotatable bonds is 12. The number of fused-ring (bicyclic) bond motifs is 6. The summed E-state index contributed by atoms with van der Waals surface area (Å²) in [5.74, 6) is 1.81. The molecule has 6 rings (SSSR count). The van der Waals surface area contributed by atoms with E-state index in [4.69, 9.17) is 48.5 Å². The van der Waals surface area contributed by atoms with Gasteiger partial charge in [0.15, 0.2) is 16.7 Å². The van der Waals surface area contributed by atoms with E-state index in [1.54, 1.807) is 0 Å². The molecule has 0 aromatic rings. The van der Waals surface area contributed by atoms with Crippen molar-refractivity contribution in [1.82, 2.24) is 0 Å². The summed E-state index contributed by atoms with van der Waals surface area (Å²) in [5, 5.41) is 10.1. The Hall–Kier alpha value is -0.593. The van der Waals surface area contributed by atoms with Gasteiger partial charge in [-0.1, -0.05) is 120 Å². The van der Waals surface area contributed by atoms with Crippen LogP contribution in [-0.2, 0) is 46.7 Å². The first kappa shape index (κ1) is 63.5. The zero-order valence-electron chi connectivity index (χ0n) is 39.5. The first-order chi connectivity index (χ1) is 26.7. The fraction of sp³-hybridized carbons (Fsp3) is 0.958. The van der Waals surface area contributed by atoms with Crippen molar-refractivity contribution in [2.45, 2.75) is 230 Å². The molecule has 6 heterocycles. The van der Waals surface area contributed by atoms with E-state index in [2.05, 4.69) is 87.2 Å². The van der Waals surface area contributed by atoms with Crippen molar-refractivity contribution in [3.05, 3.63) is 11.4 Å². The van der Waals surface area contributed by atoms with Gasteiger partial charge < -0.3 is 51.8 Å². The van der Waals surface area contributed by atoms with E-state index in [-0.39, 0.29) is 107 Å². The molecule has 0 aromatic heterocycles. The first-order valence-corrected chi connectivity index (χ1v) is 26.3. The summed E-state index contributed by atoms with van der Waals surface area (Å²) >= 11 is 0. The molecule has 14 heteroatoms. The van der Waals surface area contributed by atoms with Gasteiger partial charge in [0.05, 0.1) is 38.1 Å². The highest BCUT2D eigenvalue weighted by atomic mass is 31.2. The Labute approximate surface area is 384 Å². The minimum absolute atomic E-state index is 0. The predicted molar refractivity (Wildman–Crippen MR) is 258 cm³/mol. The van der Waals surface area contributed by atoms with Crippen LogP contribution in [0.3, 0.4) is 0 Å². The van der Waals surface area contributed by atoms with Crippen LogP contribution in [-0.4, -0.2) is 131 Å². The summed E-state index contributed by atoms with van der Waals surface area (Å²) in [4.78, 5) is 14.1. The maximum atomic E-state index is 10.8. The Bertz CT molecular complexity index is 1360. The van der Waals surface area contributed by atoms with Gasteiger partial charge in [-0.3, -0.25) is 4.79 Å². The van der Waals surface area contributed by atoms with Crippen LogP contribution in [0.4, 0.5) is 0 Å². The zero-order chi connectivity index (χ0) is 44.3. The minimum atomic E-state index is -1.80. The Morgan fingerprint density at radius 2 is 1.10 bits per heavy atom. The van der Waals surface area contributed by atoms with Crippen LogP contribution in [0, 0.1) is 36.2 Å². The lowest BCUT2D eigenvalue weighted by molar-refractivity contribution is -0.157. The molecule has 6 saturated heterocycles. The highest BCUT2D eigenvalue weighted by Crippen LogP contribution is 2.52. The van der Waals surface area contributed by atoms with Crippen molar-refractivity contribution in [1.29, 1.82) is 0 Å². The number of hydrogen-bond donors (Lipinski definition) is 1. The number of nitrogens with zero attached hydrogens (tertiary/aromatic N) is 1. The van der Waals surface area contributed by atoms with Crippen molar-refractivity contribution in [2.75, 3.05) is 39.6 Å². The second kappa shape index (κ2) is 25.0. The Kier molecular flexibility index (Phi) is 25.6. The standard InChI is InChI=1S/C15H30O3Si.C13H22NO4P.C9H16O3.C7H14O.4CH4/c1-10(2)15-9-16-12(11(3)17-15)13(15)18-19(7,8)14(4,5)6;1-9(2)13-8-15-11(10(3)17-13)12(13)18-19(5)16-7-6-14-4;1-5(2)9-4-11-7(8(9)10)6(3)12-9;1-5(2)7(8)6(3)4;;;;/h10-13H,9H2,1-8H3;9-12H,6-8H2,1-3,5H3;5-8,10H,4H2,1-3H3;5-6H,1-4H3;4*1H4/t11-,12-,13+,15+;10-,11-,12-,13+,19?;6-,7-,8-,9+;;;;;/m000...../s1. The molecule has 62 heavy (non-hydrogen) atoms. The molecule has 0 aromatic carbocycles. The van der Waals surface area contributed by atoms with Gasteiger partial charge in [-0.25, -0.2) is 6.57 Å². The SMILES string of the molecule is C.C.C.C.CC(C)C(=O)C(C)C.CC(C)[C@@]12CO[C@@H]([C@H](C)O1)[C@@H]2O.CC(C)[C@@]12CO[C@@H]([C@H](C)O1)[C@H]2O[Si](C)(C)C(C)(C)C.[C-]#[N+]CCOP(C)O[C@H]1[C@H]2OC[C@]1(C(C)C)O[C@H]2C. The Balaban J connectivity index is 0. The van der Waals surface area contributed by atoms with Crippen LogP contribution >= 0.6 is 8.38 Å². The quantitative estimate of drug-likeness (QED) is 0.0870. The molecule has 0 aliphatic carbocycles. The molecule has 6 fully saturated rings. The lowest BCUT2D eigenvalue weighted by atomic mass is 9.87. The smallest absolute Gasteiger partial charge is 0.238 e. The molecule has 6 aliphatic heterocycles. The van der Waals surface area contributed by atoms with Gasteiger partial charge in [-0.2, -0.15) is 0 Å². The summed E-state index contributed by atoms with van der Waals surface area (Å²) < 4.78 is 53.7. The molecule has 0 radical (unpaired) electrons. The molecule has 1 N–H and O–H groups in total. The second-order valence-corrected chi connectivity index (χ2v) is 26.4. The molecular weight excluding hydrogens is 826 g/mol. The highest BCUT2D eigenvalue weighted by molar-refractivity contribution is 7.46. The van der Waals surface area contributed by atoms with Gasteiger partial charge in [-0.15, -0.1) is 0 Å². The summed E-state index contributed by atoms with van der Waals surface area (Å²) in [6.07, 6.45) is -0.155. The van der Waals surface area contributed by atoms with E-state index >= 15 is 0 Å². The monoisotopic (exact) mass is 924 g/mol. The minimum Gasteiger partial charge on any atom is -0.408 e. The molecule has 12 nitrogen and oxygen atoms in total. The predicted octanol–water partition coefficient (Wildman–Crippen LogP) is 11.0. The summed E-state index contributed by atoms with van der Waals surface area (Å²) in [7, 11) is -2.79. The topological polar surface area (TPSA) is 125 Å². The third kappa shape index (κ3) is 13.3. The van der Waals surface area contributed by atoms with Crippen LogP contribution in [0.5, 0.6) is 0 Å². The molecule has 13 atom stereocenters. The summed E-state index contributed by atoms with van der Waals surface area (Å²) in [5.41, 5.74) is -1.01. The van der Waals surface area contributed by atoms with E-state index in [9.17, 15) is 9.90 Å².